The van der Waals surface area contributed by atoms with Crippen molar-refractivity contribution in [3.05, 3.63) is 41.5 Å². The molecule has 0 atom stereocenters. The van der Waals surface area contributed by atoms with Crippen LogP contribution in [0.15, 0.2) is 36.0 Å². The van der Waals surface area contributed by atoms with Crippen molar-refractivity contribution in [2.24, 2.45) is 0 Å². The van der Waals surface area contributed by atoms with E-state index in [1.807, 2.05) is 30.5 Å². The third kappa shape index (κ3) is 3.40. The number of rotatable bonds is 7. The summed E-state index contributed by atoms with van der Waals surface area (Å²) >= 11 is 1.63. The van der Waals surface area contributed by atoms with Crippen LogP contribution in [0.2, 0.25) is 0 Å². The Balaban J connectivity index is 1.77. The Hall–Kier alpha value is -2.25. The topological polar surface area (TPSA) is 68.5 Å². The van der Waals surface area contributed by atoms with Gasteiger partial charge in [-0.2, -0.15) is 5.10 Å². The van der Waals surface area contributed by atoms with Gasteiger partial charge in [0.15, 0.2) is 5.65 Å². The Morgan fingerprint density at radius 1 is 1.43 bits per heavy atom. The summed E-state index contributed by atoms with van der Waals surface area (Å²) in [5, 5.41) is 9.22. The number of hydrogen-bond acceptors (Lipinski definition) is 5. The van der Waals surface area contributed by atoms with Crippen LogP contribution in [0, 0.1) is 0 Å². The van der Waals surface area contributed by atoms with E-state index in [-0.39, 0.29) is 5.91 Å². The van der Waals surface area contributed by atoms with Gasteiger partial charge in [-0.05, 0) is 30.9 Å². The molecule has 1 amide bonds. The standard InChI is InChI=1S/C16H18N4O2S/c1-2-22-9-4-7-18-16(21)12-11-19-20-13(6-8-17-15(12)20)14-5-3-10-23-14/h3,5-6,8,10-11H,2,4,7,9H2,1H3,(H,18,21). The summed E-state index contributed by atoms with van der Waals surface area (Å²) in [7, 11) is 0. The molecule has 1 N–H and O–H groups in total. The first kappa shape index (κ1) is 15.6. The number of carbonyl (C=O) groups excluding carboxylic acids is 1. The van der Waals surface area contributed by atoms with Crippen molar-refractivity contribution in [1.29, 1.82) is 0 Å². The summed E-state index contributed by atoms with van der Waals surface area (Å²) in [5.74, 6) is -0.160. The highest BCUT2D eigenvalue weighted by Crippen LogP contribution is 2.25. The number of amides is 1. The average Bonchev–Trinajstić information content (AvgIpc) is 3.23. The lowest BCUT2D eigenvalue weighted by Gasteiger charge is -2.05. The number of nitrogens with one attached hydrogen (secondary N) is 1. The van der Waals surface area contributed by atoms with Gasteiger partial charge >= 0.3 is 0 Å². The van der Waals surface area contributed by atoms with E-state index in [4.69, 9.17) is 4.74 Å². The number of nitrogens with zero attached hydrogens (tertiary/aromatic N) is 3. The average molecular weight is 330 g/mol. The summed E-state index contributed by atoms with van der Waals surface area (Å²) in [6.45, 7) is 3.86. The van der Waals surface area contributed by atoms with Gasteiger partial charge in [0.1, 0.15) is 5.56 Å². The van der Waals surface area contributed by atoms with Crippen LogP contribution in [-0.4, -0.2) is 40.3 Å². The van der Waals surface area contributed by atoms with E-state index in [2.05, 4.69) is 15.4 Å². The molecule has 3 heterocycles. The first-order chi connectivity index (χ1) is 11.3. The Morgan fingerprint density at radius 2 is 2.35 bits per heavy atom. The zero-order valence-electron chi connectivity index (χ0n) is 12.9. The van der Waals surface area contributed by atoms with Gasteiger partial charge in [0.05, 0.1) is 16.8 Å². The molecule has 7 heteroatoms. The molecule has 0 spiro atoms. The predicted octanol–water partition coefficient (Wildman–Crippen LogP) is 2.61. The molecule has 0 aliphatic heterocycles. The van der Waals surface area contributed by atoms with Gasteiger partial charge in [0, 0.05) is 26.0 Å². The van der Waals surface area contributed by atoms with E-state index in [9.17, 15) is 4.79 Å². The van der Waals surface area contributed by atoms with Gasteiger partial charge < -0.3 is 10.1 Å². The van der Waals surface area contributed by atoms with Crippen LogP contribution in [0.5, 0.6) is 0 Å². The summed E-state index contributed by atoms with van der Waals surface area (Å²) in [6, 6.07) is 5.91. The highest BCUT2D eigenvalue weighted by atomic mass is 32.1. The maximum atomic E-state index is 12.3. The van der Waals surface area contributed by atoms with E-state index in [1.54, 1.807) is 28.2 Å². The molecule has 6 nitrogen and oxygen atoms in total. The molecule has 0 fully saturated rings. The van der Waals surface area contributed by atoms with E-state index in [1.165, 1.54) is 0 Å². The van der Waals surface area contributed by atoms with Crippen molar-refractivity contribution in [3.8, 4) is 10.6 Å². The molecule has 0 unspecified atom stereocenters. The van der Waals surface area contributed by atoms with Gasteiger partial charge in [-0.15, -0.1) is 11.3 Å². The Morgan fingerprint density at radius 3 is 3.13 bits per heavy atom. The van der Waals surface area contributed by atoms with Gasteiger partial charge in [-0.3, -0.25) is 4.79 Å². The highest BCUT2D eigenvalue weighted by molar-refractivity contribution is 7.13. The number of fused-ring (bicyclic) bond motifs is 1. The van der Waals surface area contributed by atoms with Crippen LogP contribution in [0.4, 0.5) is 0 Å². The number of carbonyl (C=O) groups is 1. The normalized spacial score (nSPS) is 11.0. The first-order valence-corrected chi connectivity index (χ1v) is 8.41. The summed E-state index contributed by atoms with van der Waals surface area (Å²) in [4.78, 5) is 17.7. The molecular formula is C16H18N4O2S. The van der Waals surface area contributed by atoms with Crippen LogP contribution in [0.3, 0.4) is 0 Å². The molecule has 0 saturated heterocycles. The van der Waals surface area contributed by atoms with Crippen LogP contribution < -0.4 is 5.32 Å². The van der Waals surface area contributed by atoms with Crippen LogP contribution >= 0.6 is 11.3 Å². The molecule has 0 aromatic carbocycles. The Bertz CT molecular complexity index is 783. The largest absolute Gasteiger partial charge is 0.382 e. The summed E-state index contributed by atoms with van der Waals surface area (Å²) < 4.78 is 6.96. The van der Waals surface area contributed by atoms with Crippen molar-refractivity contribution in [3.63, 3.8) is 0 Å². The maximum Gasteiger partial charge on any atom is 0.256 e. The van der Waals surface area contributed by atoms with E-state index < -0.39 is 0 Å². The van der Waals surface area contributed by atoms with Gasteiger partial charge in [-0.25, -0.2) is 9.50 Å². The monoisotopic (exact) mass is 330 g/mol. The highest BCUT2D eigenvalue weighted by Gasteiger charge is 2.16. The molecule has 0 radical (unpaired) electrons. The third-order valence-electron chi connectivity index (χ3n) is 3.37. The second-order valence-corrected chi connectivity index (χ2v) is 5.86. The zero-order chi connectivity index (χ0) is 16.1. The molecular weight excluding hydrogens is 312 g/mol. The van der Waals surface area contributed by atoms with E-state index in [0.29, 0.717) is 31.0 Å². The predicted molar refractivity (Wildman–Crippen MR) is 89.7 cm³/mol. The van der Waals surface area contributed by atoms with Crippen LogP contribution in [-0.2, 0) is 4.74 Å². The fourth-order valence-electron chi connectivity index (χ4n) is 2.28. The number of thiophene rings is 1. The second-order valence-electron chi connectivity index (χ2n) is 4.91. The van der Waals surface area contributed by atoms with Crippen molar-refractivity contribution in [2.75, 3.05) is 19.8 Å². The molecule has 3 rings (SSSR count). The van der Waals surface area contributed by atoms with E-state index in [0.717, 1.165) is 17.0 Å². The molecule has 23 heavy (non-hydrogen) atoms. The molecule has 3 aromatic heterocycles. The lowest BCUT2D eigenvalue weighted by Crippen LogP contribution is -2.25. The lowest BCUT2D eigenvalue weighted by atomic mass is 10.3. The fourth-order valence-corrected chi connectivity index (χ4v) is 3.01. The smallest absolute Gasteiger partial charge is 0.256 e. The van der Waals surface area contributed by atoms with Crippen molar-refractivity contribution >= 4 is 22.9 Å². The lowest BCUT2D eigenvalue weighted by molar-refractivity contribution is 0.0945. The molecule has 3 aromatic rings. The van der Waals surface area contributed by atoms with Gasteiger partial charge in [0.2, 0.25) is 0 Å². The maximum absolute atomic E-state index is 12.3. The number of aromatic nitrogens is 3. The summed E-state index contributed by atoms with van der Waals surface area (Å²) in [5.41, 5.74) is 1.98. The number of ether oxygens (including phenoxy) is 1. The molecule has 0 bridgehead atoms. The first-order valence-electron chi connectivity index (χ1n) is 7.54. The fraction of sp³-hybridized carbons (Fsp3) is 0.312. The summed E-state index contributed by atoms with van der Waals surface area (Å²) in [6.07, 6.45) is 4.06. The number of hydrogen-bond donors (Lipinski definition) is 1. The minimum Gasteiger partial charge on any atom is -0.382 e. The molecule has 0 aliphatic rings. The second kappa shape index (κ2) is 7.34. The molecule has 120 valence electrons. The van der Waals surface area contributed by atoms with Crippen molar-refractivity contribution in [2.45, 2.75) is 13.3 Å². The minimum atomic E-state index is -0.160. The van der Waals surface area contributed by atoms with Crippen LogP contribution in [0.1, 0.15) is 23.7 Å². The quantitative estimate of drug-likeness (QED) is 0.676. The molecule has 0 aliphatic carbocycles. The van der Waals surface area contributed by atoms with Gasteiger partial charge in [-0.1, -0.05) is 6.07 Å². The third-order valence-corrected chi connectivity index (χ3v) is 4.27. The van der Waals surface area contributed by atoms with Crippen molar-refractivity contribution in [1.82, 2.24) is 19.9 Å². The zero-order valence-corrected chi connectivity index (χ0v) is 13.7. The van der Waals surface area contributed by atoms with Crippen LogP contribution in [0.25, 0.3) is 16.2 Å². The SMILES string of the molecule is CCOCCCNC(=O)c1cnn2c(-c3cccs3)ccnc12. The van der Waals surface area contributed by atoms with Crippen molar-refractivity contribution < 1.29 is 9.53 Å². The molecule has 0 saturated carbocycles. The van der Waals surface area contributed by atoms with Gasteiger partial charge in [0.25, 0.3) is 5.91 Å². The Kier molecular flexibility index (Phi) is 4.99. The van der Waals surface area contributed by atoms with E-state index >= 15 is 0 Å². The minimum absolute atomic E-state index is 0.160. The Labute approximate surface area is 138 Å².